The molecule has 7 heteroatoms. The molecular weight excluding hydrogens is 356 g/mol. The summed E-state index contributed by atoms with van der Waals surface area (Å²) in [6, 6.07) is 8.13. The highest BCUT2D eigenvalue weighted by molar-refractivity contribution is 9.10. The van der Waals surface area contributed by atoms with Crippen molar-refractivity contribution in [3.8, 4) is 21.3 Å². The van der Waals surface area contributed by atoms with Crippen molar-refractivity contribution in [2.45, 2.75) is 6.92 Å². The van der Waals surface area contributed by atoms with Crippen molar-refractivity contribution in [3.63, 3.8) is 0 Å². The van der Waals surface area contributed by atoms with Crippen LogP contribution in [0.3, 0.4) is 0 Å². The third-order valence-corrected chi connectivity index (χ3v) is 5.07. The number of aryl methyl sites for hydroxylation is 1. The van der Waals surface area contributed by atoms with Gasteiger partial charge in [0, 0.05) is 17.1 Å². The Morgan fingerprint density at radius 3 is 2.60 bits per heavy atom. The van der Waals surface area contributed by atoms with Crippen LogP contribution in [0.25, 0.3) is 21.3 Å². The van der Waals surface area contributed by atoms with Crippen molar-refractivity contribution in [1.29, 1.82) is 0 Å². The highest BCUT2D eigenvalue weighted by Crippen LogP contribution is 2.34. The molecule has 20 heavy (non-hydrogen) atoms. The summed E-state index contributed by atoms with van der Waals surface area (Å²) in [5.74, 6) is 0.827. The Kier molecular flexibility index (Phi) is 3.57. The van der Waals surface area contributed by atoms with Crippen molar-refractivity contribution in [2.75, 3.05) is 0 Å². The fourth-order valence-corrected chi connectivity index (χ4v) is 3.36. The number of rotatable bonds is 2. The minimum atomic E-state index is 0.609. The molecule has 0 radical (unpaired) electrons. The molecule has 0 saturated carbocycles. The van der Waals surface area contributed by atoms with Crippen molar-refractivity contribution in [1.82, 2.24) is 19.7 Å². The van der Waals surface area contributed by atoms with Gasteiger partial charge in [0.25, 0.3) is 0 Å². The molecule has 2 aromatic heterocycles. The maximum Gasteiger partial charge on any atom is 0.195 e. The lowest BCUT2D eigenvalue weighted by Crippen LogP contribution is -1.91. The summed E-state index contributed by atoms with van der Waals surface area (Å²) in [6.07, 6.45) is 0. The fraction of sp³-hybridized carbons (Fsp3) is 0.154. The molecule has 0 fully saturated rings. The van der Waals surface area contributed by atoms with E-state index in [4.69, 9.17) is 12.2 Å². The van der Waals surface area contributed by atoms with Gasteiger partial charge in [0.2, 0.25) is 0 Å². The molecule has 2 heterocycles. The highest BCUT2D eigenvalue weighted by Gasteiger charge is 2.15. The lowest BCUT2D eigenvalue weighted by atomic mass is 10.2. The molecule has 0 atom stereocenters. The molecule has 0 spiro atoms. The number of nitrogens with zero attached hydrogens (tertiary/aromatic N) is 3. The van der Waals surface area contributed by atoms with E-state index in [1.807, 2.05) is 30.7 Å². The van der Waals surface area contributed by atoms with Crippen LogP contribution in [-0.4, -0.2) is 19.7 Å². The Bertz CT molecular complexity index is 814. The Balaban J connectivity index is 2.10. The second-order valence-electron chi connectivity index (χ2n) is 4.35. The quantitative estimate of drug-likeness (QED) is 0.686. The summed E-state index contributed by atoms with van der Waals surface area (Å²) in [5.41, 5.74) is 2.06. The van der Waals surface area contributed by atoms with Crippen LogP contribution in [0, 0.1) is 11.7 Å². The van der Waals surface area contributed by atoms with Crippen molar-refractivity contribution in [2.24, 2.45) is 7.05 Å². The molecule has 1 aromatic carbocycles. The minimum Gasteiger partial charge on any atom is -0.303 e. The third kappa shape index (κ3) is 2.36. The smallest absolute Gasteiger partial charge is 0.195 e. The van der Waals surface area contributed by atoms with E-state index in [0.29, 0.717) is 4.77 Å². The standard InChI is InChI=1S/C13H11BrN4S2/c1-7-10(11-16-17-13(19)18(11)2)20-12(15-7)8-3-5-9(14)6-4-8/h3-6H,1-2H3,(H,17,19). The SMILES string of the molecule is Cc1nc(-c2ccc(Br)cc2)sc1-c1n[nH]c(=S)n1C. The fourth-order valence-electron chi connectivity index (χ4n) is 1.87. The van der Waals surface area contributed by atoms with Gasteiger partial charge in [-0.1, -0.05) is 28.1 Å². The van der Waals surface area contributed by atoms with Gasteiger partial charge in [0.15, 0.2) is 10.6 Å². The lowest BCUT2D eigenvalue weighted by molar-refractivity contribution is 0.902. The first-order chi connectivity index (χ1) is 9.56. The molecule has 0 aliphatic heterocycles. The highest BCUT2D eigenvalue weighted by atomic mass is 79.9. The zero-order chi connectivity index (χ0) is 14.3. The number of aromatic amines is 1. The molecule has 0 bridgehead atoms. The minimum absolute atomic E-state index is 0.609. The largest absolute Gasteiger partial charge is 0.303 e. The normalized spacial score (nSPS) is 10.9. The van der Waals surface area contributed by atoms with Gasteiger partial charge in [-0.05, 0) is 31.3 Å². The van der Waals surface area contributed by atoms with Gasteiger partial charge >= 0.3 is 0 Å². The predicted octanol–water partition coefficient (Wildman–Crippen LogP) is 4.34. The molecule has 0 aliphatic carbocycles. The van der Waals surface area contributed by atoms with Crippen LogP contribution in [0.1, 0.15) is 5.69 Å². The van der Waals surface area contributed by atoms with E-state index in [2.05, 4.69) is 43.2 Å². The number of thiazole rings is 1. The summed E-state index contributed by atoms with van der Waals surface area (Å²) in [5, 5.41) is 8.07. The molecule has 4 nitrogen and oxygen atoms in total. The molecule has 0 aliphatic rings. The van der Waals surface area contributed by atoms with Crippen LogP contribution in [0.5, 0.6) is 0 Å². The summed E-state index contributed by atoms with van der Waals surface area (Å²) in [4.78, 5) is 5.68. The first kappa shape index (κ1) is 13.7. The summed E-state index contributed by atoms with van der Waals surface area (Å²) < 4.78 is 3.53. The van der Waals surface area contributed by atoms with Crippen LogP contribution in [-0.2, 0) is 7.05 Å². The van der Waals surface area contributed by atoms with Crippen molar-refractivity contribution < 1.29 is 0 Å². The van der Waals surface area contributed by atoms with E-state index in [9.17, 15) is 0 Å². The number of nitrogens with one attached hydrogen (secondary N) is 1. The molecule has 0 unspecified atom stereocenters. The van der Waals surface area contributed by atoms with E-state index in [-0.39, 0.29) is 0 Å². The second-order valence-corrected chi connectivity index (χ2v) is 6.65. The Labute approximate surface area is 133 Å². The number of hydrogen-bond donors (Lipinski definition) is 1. The Morgan fingerprint density at radius 1 is 1.30 bits per heavy atom. The number of benzene rings is 1. The lowest BCUT2D eigenvalue weighted by Gasteiger charge is -1.96. The van der Waals surface area contributed by atoms with E-state index < -0.39 is 0 Å². The van der Waals surface area contributed by atoms with E-state index in [1.165, 1.54) is 0 Å². The molecule has 0 amide bonds. The number of halogens is 1. The summed E-state index contributed by atoms with van der Waals surface area (Å²) >= 11 is 10.2. The monoisotopic (exact) mass is 366 g/mol. The van der Waals surface area contributed by atoms with Gasteiger partial charge in [-0.25, -0.2) is 4.98 Å². The average molecular weight is 367 g/mol. The number of aromatic nitrogens is 4. The average Bonchev–Trinajstić information content (AvgIpc) is 2.95. The summed E-state index contributed by atoms with van der Waals surface area (Å²) in [6.45, 7) is 1.99. The van der Waals surface area contributed by atoms with Crippen molar-refractivity contribution >= 4 is 39.5 Å². The third-order valence-electron chi connectivity index (χ3n) is 2.97. The first-order valence-electron chi connectivity index (χ1n) is 5.91. The van der Waals surface area contributed by atoms with Gasteiger partial charge in [-0.3, -0.25) is 5.10 Å². The number of hydrogen-bond acceptors (Lipinski definition) is 4. The van der Waals surface area contributed by atoms with Crippen LogP contribution in [0.4, 0.5) is 0 Å². The van der Waals surface area contributed by atoms with Gasteiger partial charge in [-0.2, -0.15) is 5.10 Å². The maximum absolute atomic E-state index is 5.16. The van der Waals surface area contributed by atoms with Gasteiger partial charge in [-0.15, -0.1) is 11.3 Å². The van der Waals surface area contributed by atoms with Crippen LogP contribution in [0.15, 0.2) is 28.7 Å². The summed E-state index contributed by atoms with van der Waals surface area (Å²) in [7, 11) is 1.90. The zero-order valence-electron chi connectivity index (χ0n) is 10.8. The topological polar surface area (TPSA) is 46.5 Å². The maximum atomic E-state index is 5.16. The van der Waals surface area contributed by atoms with Gasteiger partial charge in [0.05, 0.1) is 10.6 Å². The molecular formula is C13H11BrN4S2. The molecule has 3 rings (SSSR count). The van der Waals surface area contributed by atoms with Crippen LogP contribution in [0.2, 0.25) is 0 Å². The van der Waals surface area contributed by atoms with E-state index in [1.54, 1.807) is 11.3 Å². The molecule has 3 aromatic rings. The first-order valence-corrected chi connectivity index (χ1v) is 7.93. The van der Waals surface area contributed by atoms with Gasteiger partial charge in [0.1, 0.15) is 5.01 Å². The van der Waals surface area contributed by atoms with E-state index in [0.717, 1.165) is 31.4 Å². The molecule has 0 saturated heterocycles. The van der Waals surface area contributed by atoms with Crippen molar-refractivity contribution in [3.05, 3.63) is 39.2 Å². The Hall–Kier alpha value is -1.31. The number of H-pyrrole nitrogens is 1. The van der Waals surface area contributed by atoms with Crippen LogP contribution < -0.4 is 0 Å². The Morgan fingerprint density at radius 2 is 2.00 bits per heavy atom. The van der Waals surface area contributed by atoms with Gasteiger partial charge < -0.3 is 4.57 Å². The zero-order valence-corrected chi connectivity index (χ0v) is 14.1. The van der Waals surface area contributed by atoms with Crippen LogP contribution >= 0.6 is 39.5 Å². The predicted molar refractivity (Wildman–Crippen MR) is 87.4 cm³/mol. The molecule has 102 valence electrons. The molecule has 1 N–H and O–H groups in total. The van der Waals surface area contributed by atoms with E-state index >= 15 is 0 Å². The second kappa shape index (κ2) is 5.23.